The SMILES string of the molecule is N=C(c1ccc(-c2ccccc2)cc1)C1NC1c1ccccc1. The van der Waals surface area contributed by atoms with Crippen molar-refractivity contribution in [3.8, 4) is 11.1 Å². The molecule has 2 nitrogen and oxygen atoms in total. The highest BCUT2D eigenvalue weighted by atomic mass is 15.2. The molecular weight excluding hydrogens is 280 g/mol. The summed E-state index contributed by atoms with van der Waals surface area (Å²) in [5, 5.41) is 11.8. The minimum Gasteiger partial charge on any atom is -0.303 e. The molecule has 112 valence electrons. The van der Waals surface area contributed by atoms with Crippen molar-refractivity contribution < 1.29 is 0 Å². The van der Waals surface area contributed by atoms with E-state index < -0.39 is 0 Å². The summed E-state index contributed by atoms with van der Waals surface area (Å²) in [4.78, 5) is 0. The molecule has 4 rings (SSSR count). The normalized spacial score (nSPS) is 19.3. The van der Waals surface area contributed by atoms with E-state index in [1.807, 2.05) is 48.5 Å². The topological polar surface area (TPSA) is 45.8 Å². The third-order valence-electron chi connectivity index (χ3n) is 4.36. The lowest BCUT2D eigenvalue weighted by Crippen LogP contribution is -2.10. The van der Waals surface area contributed by atoms with Crippen LogP contribution >= 0.6 is 0 Å². The molecule has 1 aliphatic rings. The first kappa shape index (κ1) is 13.9. The largest absolute Gasteiger partial charge is 0.303 e. The Balaban J connectivity index is 1.50. The van der Waals surface area contributed by atoms with Crippen molar-refractivity contribution in [2.45, 2.75) is 12.1 Å². The van der Waals surface area contributed by atoms with Crippen molar-refractivity contribution in [3.05, 3.63) is 96.1 Å². The predicted octanol–water partition coefficient (Wildman–Crippen LogP) is 4.43. The average Bonchev–Trinajstić information content (AvgIpc) is 3.44. The van der Waals surface area contributed by atoms with Crippen molar-refractivity contribution in [1.82, 2.24) is 5.32 Å². The van der Waals surface area contributed by atoms with E-state index in [1.165, 1.54) is 16.7 Å². The fourth-order valence-electron chi connectivity index (χ4n) is 2.99. The number of rotatable bonds is 4. The molecule has 23 heavy (non-hydrogen) atoms. The Kier molecular flexibility index (Phi) is 3.52. The quantitative estimate of drug-likeness (QED) is 0.543. The number of nitrogens with one attached hydrogen (secondary N) is 2. The number of hydrogen-bond donors (Lipinski definition) is 2. The van der Waals surface area contributed by atoms with E-state index >= 15 is 0 Å². The Morgan fingerprint density at radius 3 is 1.91 bits per heavy atom. The molecule has 0 aliphatic carbocycles. The molecule has 0 saturated carbocycles. The van der Waals surface area contributed by atoms with Gasteiger partial charge in [-0.3, -0.25) is 5.32 Å². The van der Waals surface area contributed by atoms with Gasteiger partial charge in [0.05, 0.1) is 17.8 Å². The second-order valence-corrected chi connectivity index (χ2v) is 5.89. The highest BCUT2D eigenvalue weighted by Crippen LogP contribution is 2.32. The Morgan fingerprint density at radius 1 is 0.696 bits per heavy atom. The third kappa shape index (κ3) is 2.81. The van der Waals surface area contributed by atoms with E-state index in [-0.39, 0.29) is 12.1 Å². The summed E-state index contributed by atoms with van der Waals surface area (Å²) in [6.45, 7) is 0. The van der Waals surface area contributed by atoms with E-state index in [1.54, 1.807) is 0 Å². The van der Waals surface area contributed by atoms with Gasteiger partial charge in [-0.1, -0.05) is 84.9 Å². The van der Waals surface area contributed by atoms with Gasteiger partial charge in [0.25, 0.3) is 0 Å². The minimum atomic E-state index is 0.125. The minimum absolute atomic E-state index is 0.125. The van der Waals surface area contributed by atoms with Crippen LogP contribution in [-0.2, 0) is 0 Å². The fourth-order valence-corrected chi connectivity index (χ4v) is 2.99. The Labute approximate surface area is 136 Å². The van der Waals surface area contributed by atoms with Crippen LogP contribution in [0.4, 0.5) is 0 Å². The fraction of sp³-hybridized carbons (Fsp3) is 0.0952. The second kappa shape index (κ2) is 5.82. The zero-order chi connectivity index (χ0) is 15.6. The molecule has 1 fully saturated rings. The average molecular weight is 298 g/mol. The maximum atomic E-state index is 8.44. The lowest BCUT2D eigenvalue weighted by Gasteiger charge is -2.05. The van der Waals surface area contributed by atoms with Crippen LogP contribution in [0, 0.1) is 5.41 Å². The first-order valence-corrected chi connectivity index (χ1v) is 7.88. The molecule has 0 amide bonds. The Hall–Kier alpha value is -2.71. The molecule has 2 atom stereocenters. The van der Waals surface area contributed by atoms with Gasteiger partial charge in [0.15, 0.2) is 0 Å². The van der Waals surface area contributed by atoms with Crippen LogP contribution in [0.5, 0.6) is 0 Å². The van der Waals surface area contributed by atoms with Crippen LogP contribution in [-0.4, -0.2) is 11.8 Å². The molecule has 2 N–H and O–H groups in total. The summed E-state index contributed by atoms with van der Waals surface area (Å²) in [7, 11) is 0. The molecule has 0 bridgehead atoms. The zero-order valence-corrected chi connectivity index (χ0v) is 12.7. The molecule has 3 aromatic carbocycles. The first-order chi connectivity index (χ1) is 11.3. The molecule has 1 heterocycles. The third-order valence-corrected chi connectivity index (χ3v) is 4.36. The van der Waals surface area contributed by atoms with Gasteiger partial charge < -0.3 is 5.41 Å². The van der Waals surface area contributed by atoms with Gasteiger partial charge in [-0.2, -0.15) is 0 Å². The Morgan fingerprint density at radius 2 is 1.26 bits per heavy atom. The molecule has 0 radical (unpaired) electrons. The summed E-state index contributed by atoms with van der Waals surface area (Å²) >= 11 is 0. The van der Waals surface area contributed by atoms with Crippen molar-refractivity contribution in [1.29, 1.82) is 5.41 Å². The van der Waals surface area contributed by atoms with Crippen LogP contribution < -0.4 is 5.32 Å². The summed E-state index contributed by atoms with van der Waals surface area (Å²) < 4.78 is 0. The predicted molar refractivity (Wildman–Crippen MR) is 94.8 cm³/mol. The molecule has 2 heteroatoms. The van der Waals surface area contributed by atoms with Crippen molar-refractivity contribution in [2.24, 2.45) is 0 Å². The molecular formula is C21H18N2. The highest BCUT2D eigenvalue weighted by Gasteiger charge is 2.40. The number of benzene rings is 3. The van der Waals surface area contributed by atoms with Gasteiger partial charge in [0, 0.05) is 0 Å². The molecule has 2 unspecified atom stereocenters. The van der Waals surface area contributed by atoms with Crippen LogP contribution in [0.25, 0.3) is 11.1 Å². The molecule has 0 aromatic heterocycles. The van der Waals surface area contributed by atoms with Crippen LogP contribution in [0.1, 0.15) is 17.2 Å². The smallest absolute Gasteiger partial charge is 0.0697 e. The van der Waals surface area contributed by atoms with Gasteiger partial charge in [0.2, 0.25) is 0 Å². The lowest BCUT2D eigenvalue weighted by atomic mass is 9.99. The standard InChI is InChI=1S/C21H18N2/c22-19(21-20(23-21)18-9-5-2-6-10-18)17-13-11-16(12-14-17)15-7-3-1-4-8-15/h1-14,20-23H. The molecule has 1 saturated heterocycles. The van der Waals surface area contributed by atoms with E-state index in [0.29, 0.717) is 5.71 Å². The van der Waals surface area contributed by atoms with Gasteiger partial charge in [0.1, 0.15) is 0 Å². The van der Waals surface area contributed by atoms with E-state index in [0.717, 1.165) is 5.56 Å². The second-order valence-electron chi connectivity index (χ2n) is 5.89. The summed E-state index contributed by atoms with van der Waals surface area (Å²) in [5.41, 5.74) is 5.30. The van der Waals surface area contributed by atoms with E-state index in [4.69, 9.17) is 5.41 Å². The first-order valence-electron chi connectivity index (χ1n) is 7.88. The molecule has 1 aliphatic heterocycles. The lowest BCUT2D eigenvalue weighted by molar-refractivity contribution is 1.07. The summed E-state index contributed by atoms with van der Waals surface area (Å²) in [6.07, 6.45) is 0. The van der Waals surface area contributed by atoms with Gasteiger partial charge in [-0.25, -0.2) is 0 Å². The van der Waals surface area contributed by atoms with Gasteiger partial charge in [-0.05, 0) is 22.3 Å². The van der Waals surface area contributed by atoms with Crippen molar-refractivity contribution >= 4 is 5.71 Å². The molecule has 0 spiro atoms. The summed E-state index contributed by atoms with van der Waals surface area (Å²) in [5.74, 6) is 0. The van der Waals surface area contributed by atoms with Gasteiger partial charge in [-0.15, -0.1) is 0 Å². The number of hydrogen-bond acceptors (Lipinski definition) is 2. The zero-order valence-electron chi connectivity index (χ0n) is 12.7. The van der Waals surface area contributed by atoms with Crippen LogP contribution in [0.15, 0.2) is 84.9 Å². The van der Waals surface area contributed by atoms with E-state index in [9.17, 15) is 0 Å². The van der Waals surface area contributed by atoms with Crippen LogP contribution in [0.2, 0.25) is 0 Å². The van der Waals surface area contributed by atoms with Crippen LogP contribution in [0.3, 0.4) is 0 Å². The summed E-state index contributed by atoms with van der Waals surface area (Å²) in [6, 6.07) is 29.4. The van der Waals surface area contributed by atoms with E-state index in [2.05, 4.69) is 41.7 Å². The highest BCUT2D eigenvalue weighted by molar-refractivity contribution is 6.04. The maximum absolute atomic E-state index is 8.44. The monoisotopic (exact) mass is 298 g/mol. The Bertz CT molecular complexity index is 807. The van der Waals surface area contributed by atoms with Crippen molar-refractivity contribution in [2.75, 3.05) is 0 Å². The molecule has 3 aromatic rings. The maximum Gasteiger partial charge on any atom is 0.0697 e. The van der Waals surface area contributed by atoms with Crippen molar-refractivity contribution in [3.63, 3.8) is 0 Å². The van der Waals surface area contributed by atoms with Gasteiger partial charge >= 0.3 is 0 Å².